The average Bonchev–Trinajstić information content (AvgIpc) is 3.17. The molecule has 10 heteroatoms. The highest BCUT2D eigenvalue weighted by Gasteiger charge is 2.41. The summed E-state index contributed by atoms with van der Waals surface area (Å²) in [5.41, 5.74) is -0.870. The molecule has 6 nitrogen and oxygen atoms in total. The Labute approximate surface area is 173 Å². The molecule has 0 saturated carbocycles. The second kappa shape index (κ2) is 9.01. The van der Waals surface area contributed by atoms with Gasteiger partial charge in [-0.1, -0.05) is 0 Å². The number of urea groups is 1. The largest absolute Gasteiger partial charge is 0.418 e. The number of carbonyl (C=O) groups is 1. The molecule has 29 heavy (non-hydrogen) atoms. The number of hydrogen-bond donors (Lipinski definition) is 2. The van der Waals surface area contributed by atoms with Crippen LogP contribution < -0.4 is 15.5 Å². The number of morpholine rings is 1. The summed E-state index contributed by atoms with van der Waals surface area (Å²) >= 11 is 1.83. The van der Waals surface area contributed by atoms with Crippen molar-refractivity contribution in [3.05, 3.63) is 23.8 Å². The summed E-state index contributed by atoms with van der Waals surface area (Å²) in [6.45, 7) is 3.31. The highest BCUT2D eigenvalue weighted by Crippen LogP contribution is 2.37. The molecule has 0 radical (unpaired) electrons. The van der Waals surface area contributed by atoms with Crippen molar-refractivity contribution < 1.29 is 22.7 Å². The molecule has 3 rings (SSSR count). The Hall–Kier alpha value is -1.65. The van der Waals surface area contributed by atoms with E-state index in [1.54, 1.807) is 25.1 Å². The second-order valence-corrected chi connectivity index (χ2v) is 8.66. The molecule has 2 N–H and O–H groups in total. The summed E-state index contributed by atoms with van der Waals surface area (Å²) in [6.07, 6.45) is -3.63. The van der Waals surface area contributed by atoms with Gasteiger partial charge >= 0.3 is 12.2 Å². The predicted octanol–water partition coefficient (Wildman–Crippen LogP) is 3.10. The number of alkyl halides is 3. The number of hydrogen-bond acceptors (Lipinski definition) is 5. The van der Waals surface area contributed by atoms with Crippen molar-refractivity contribution in [3.8, 4) is 0 Å². The maximum atomic E-state index is 13.5. The first-order chi connectivity index (χ1) is 13.7. The average molecular weight is 433 g/mol. The van der Waals surface area contributed by atoms with Crippen molar-refractivity contribution in [1.29, 1.82) is 0 Å². The molecule has 0 aromatic heterocycles. The van der Waals surface area contributed by atoms with Crippen molar-refractivity contribution in [2.24, 2.45) is 0 Å². The fourth-order valence-corrected chi connectivity index (χ4v) is 5.18. The number of halogens is 3. The second-order valence-electron chi connectivity index (χ2n) is 7.56. The molecule has 1 unspecified atom stereocenters. The van der Waals surface area contributed by atoms with Crippen LogP contribution in [0.25, 0.3) is 0 Å². The number of nitrogens with one attached hydrogen (secondary N) is 2. The first-order valence-electron chi connectivity index (χ1n) is 9.55. The molecular formula is C19H27F3N4O2S. The Bertz CT molecular complexity index is 718. The van der Waals surface area contributed by atoms with E-state index in [1.165, 1.54) is 6.07 Å². The highest BCUT2D eigenvalue weighted by molar-refractivity contribution is 7.99. The lowest BCUT2D eigenvalue weighted by atomic mass is 9.95. The van der Waals surface area contributed by atoms with E-state index in [2.05, 4.69) is 15.5 Å². The van der Waals surface area contributed by atoms with Gasteiger partial charge in [0.2, 0.25) is 0 Å². The third-order valence-electron chi connectivity index (χ3n) is 5.42. The van der Waals surface area contributed by atoms with Crippen LogP contribution in [-0.4, -0.2) is 74.9 Å². The van der Waals surface area contributed by atoms with Crippen LogP contribution in [0.1, 0.15) is 12.0 Å². The number of thioether (sulfide) groups is 1. The summed E-state index contributed by atoms with van der Waals surface area (Å²) in [6, 6.07) is 3.25. The van der Waals surface area contributed by atoms with E-state index in [9.17, 15) is 18.0 Å². The standard InChI is InChI=1S/C19H27F3N4O2S/c1-25(2)14-3-4-16(15(11-14)19(20,21)22)24-17(27)23-12-18(5-10-29-13-18)26-6-8-28-9-7-26/h3-4,11H,5-10,12-13H2,1-2H3,(H2,23,24,27). The summed E-state index contributed by atoms with van der Waals surface area (Å²) in [7, 11) is 3.33. The van der Waals surface area contributed by atoms with Gasteiger partial charge < -0.3 is 20.3 Å². The minimum absolute atomic E-state index is 0.173. The Balaban J connectivity index is 1.68. The summed E-state index contributed by atoms with van der Waals surface area (Å²) in [4.78, 5) is 16.4. The predicted molar refractivity (Wildman–Crippen MR) is 110 cm³/mol. The van der Waals surface area contributed by atoms with Gasteiger partial charge in [0, 0.05) is 50.7 Å². The number of amides is 2. The Morgan fingerprint density at radius 3 is 2.62 bits per heavy atom. The summed E-state index contributed by atoms with van der Waals surface area (Å²) in [5.74, 6) is 1.89. The van der Waals surface area contributed by atoms with Crippen LogP contribution in [0.5, 0.6) is 0 Å². The molecule has 0 spiro atoms. The van der Waals surface area contributed by atoms with Crippen molar-refractivity contribution in [2.75, 3.05) is 68.7 Å². The molecule has 2 heterocycles. The molecule has 2 saturated heterocycles. The third-order valence-corrected chi connectivity index (χ3v) is 6.65. The number of ether oxygens (including phenoxy) is 1. The highest BCUT2D eigenvalue weighted by atomic mass is 32.2. The van der Waals surface area contributed by atoms with Gasteiger partial charge in [-0.15, -0.1) is 0 Å². The van der Waals surface area contributed by atoms with Crippen molar-refractivity contribution in [3.63, 3.8) is 0 Å². The Morgan fingerprint density at radius 2 is 2.03 bits per heavy atom. The number of benzene rings is 1. The Kier molecular flexibility index (Phi) is 6.85. The molecule has 2 fully saturated rings. The zero-order valence-electron chi connectivity index (χ0n) is 16.6. The fourth-order valence-electron chi connectivity index (χ4n) is 3.70. The minimum atomic E-state index is -4.56. The molecule has 2 amide bonds. The van der Waals surface area contributed by atoms with Crippen LogP contribution in [0.3, 0.4) is 0 Å². The van der Waals surface area contributed by atoms with E-state index in [0.717, 1.165) is 37.1 Å². The summed E-state index contributed by atoms with van der Waals surface area (Å²) < 4.78 is 45.8. The van der Waals surface area contributed by atoms with Crippen molar-refractivity contribution in [1.82, 2.24) is 10.2 Å². The molecular weight excluding hydrogens is 405 g/mol. The van der Waals surface area contributed by atoms with E-state index in [4.69, 9.17) is 4.74 Å². The van der Waals surface area contributed by atoms with Crippen molar-refractivity contribution >= 4 is 29.2 Å². The lowest BCUT2D eigenvalue weighted by molar-refractivity contribution is -0.136. The lowest BCUT2D eigenvalue weighted by Crippen LogP contribution is -2.59. The van der Waals surface area contributed by atoms with Crippen LogP contribution in [0.15, 0.2) is 18.2 Å². The third kappa shape index (κ3) is 5.29. The van der Waals surface area contributed by atoms with Gasteiger partial charge in [-0.05, 0) is 30.4 Å². The number of nitrogens with zero attached hydrogens (tertiary/aromatic N) is 2. The fraction of sp³-hybridized carbons (Fsp3) is 0.632. The van der Waals surface area contributed by atoms with Gasteiger partial charge in [0.1, 0.15) is 0 Å². The maximum Gasteiger partial charge on any atom is 0.418 e. The van der Waals surface area contributed by atoms with Crippen LogP contribution in [0.2, 0.25) is 0 Å². The van der Waals surface area contributed by atoms with Crippen molar-refractivity contribution in [2.45, 2.75) is 18.1 Å². The van der Waals surface area contributed by atoms with Crippen LogP contribution in [0, 0.1) is 0 Å². The monoisotopic (exact) mass is 432 g/mol. The van der Waals surface area contributed by atoms with E-state index < -0.39 is 17.8 Å². The normalized spacial score (nSPS) is 23.1. The van der Waals surface area contributed by atoms with Gasteiger partial charge in [-0.2, -0.15) is 24.9 Å². The van der Waals surface area contributed by atoms with Gasteiger partial charge in [-0.25, -0.2) is 4.79 Å². The number of rotatable bonds is 5. The van der Waals surface area contributed by atoms with E-state index >= 15 is 0 Å². The first kappa shape index (κ1) is 22.0. The first-order valence-corrected chi connectivity index (χ1v) is 10.7. The molecule has 162 valence electrons. The maximum absolute atomic E-state index is 13.5. The van der Waals surface area contributed by atoms with Crippen LogP contribution >= 0.6 is 11.8 Å². The molecule has 1 aromatic carbocycles. The SMILES string of the molecule is CN(C)c1ccc(NC(=O)NCC2(N3CCOCC3)CCSC2)c(C(F)(F)F)c1. The molecule has 0 bridgehead atoms. The molecule has 2 aliphatic rings. The van der Waals surface area contributed by atoms with E-state index in [1.807, 2.05) is 11.8 Å². The lowest BCUT2D eigenvalue weighted by Gasteiger charge is -2.43. The van der Waals surface area contributed by atoms with Gasteiger partial charge in [0.05, 0.1) is 24.5 Å². The number of anilines is 2. The zero-order valence-corrected chi connectivity index (χ0v) is 17.5. The van der Waals surface area contributed by atoms with Crippen LogP contribution in [-0.2, 0) is 10.9 Å². The van der Waals surface area contributed by atoms with Gasteiger partial charge in [-0.3, -0.25) is 4.90 Å². The van der Waals surface area contributed by atoms with Crippen LogP contribution in [0.4, 0.5) is 29.3 Å². The molecule has 2 aliphatic heterocycles. The molecule has 0 aliphatic carbocycles. The topological polar surface area (TPSA) is 56.8 Å². The minimum Gasteiger partial charge on any atom is -0.379 e. The van der Waals surface area contributed by atoms with Gasteiger partial charge in [0.25, 0.3) is 0 Å². The zero-order chi connectivity index (χ0) is 21.1. The van der Waals surface area contributed by atoms with E-state index in [0.29, 0.717) is 25.4 Å². The number of carbonyl (C=O) groups excluding carboxylic acids is 1. The van der Waals surface area contributed by atoms with E-state index in [-0.39, 0.29) is 11.2 Å². The smallest absolute Gasteiger partial charge is 0.379 e. The van der Waals surface area contributed by atoms with Gasteiger partial charge in [0.15, 0.2) is 0 Å². The quantitative estimate of drug-likeness (QED) is 0.749. The summed E-state index contributed by atoms with van der Waals surface area (Å²) in [5, 5.41) is 5.19. The molecule has 1 atom stereocenters. The Morgan fingerprint density at radius 1 is 1.31 bits per heavy atom. The molecule has 1 aromatic rings.